The zero-order valence-corrected chi connectivity index (χ0v) is 27.3. The fraction of sp³-hybridized carbons (Fsp3) is 0.636. The molecule has 6 atom stereocenters. The Hall–Kier alpha value is -3.53. The Morgan fingerprint density at radius 2 is 1.79 bits per heavy atom. The fourth-order valence-corrected chi connectivity index (χ4v) is 6.30. The van der Waals surface area contributed by atoms with Crippen molar-refractivity contribution in [2.45, 2.75) is 122 Å². The maximum Gasteiger partial charge on any atom is 0.446 e. The number of carbonyl (C=O) groups is 4. The highest BCUT2D eigenvalue weighted by atomic mass is 19.4. The summed E-state index contributed by atoms with van der Waals surface area (Å²) in [7, 11) is 1.95. The number of aliphatic hydroxyl groups excluding tert-OH is 2. The number of rotatable bonds is 7. The van der Waals surface area contributed by atoms with Gasteiger partial charge in [0.25, 0.3) is 0 Å². The van der Waals surface area contributed by atoms with Gasteiger partial charge in [0.15, 0.2) is 6.10 Å². The van der Waals surface area contributed by atoms with Gasteiger partial charge in [-0.25, -0.2) is 9.59 Å². The molecule has 1 spiro atoms. The van der Waals surface area contributed by atoms with Gasteiger partial charge in [-0.15, -0.1) is 0 Å². The van der Waals surface area contributed by atoms with Crippen molar-refractivity contribution in [3.8, 4) is 5.75 Å². The van der Waals surface area contributed by atoms with Crippen LogP contribution in [0.3, 0.4) is 0 Å². The Balaban J connectivity index is 0.00000105. The lowest BCUT2D eigenvalue weighted by molar-refractivity contribution is -0.182. The highest BCUT2D eigenvalue weighted by Crippen LogP contribution is 2.61. The van der Waals surface area contributed by atoms with Crippen molar-refractivity contribution >= 4 is 24.2 Å². The number of carbonyl (C=O) groups excluding carboxylic acids is 4. The Bertz CT molecular complexity index is 1400. The van der Waals surface area contributed by atoms with Gasteiger partial charge in [-0.3, -0.25) is 9.59 Å². The van der Waals surface area contributed by atoms with Crippen molar-refractivity contribution in [3.05, 3.63) is 40.7 Å². The number of aryl methyl sites for hydroxylation is 1. The average Bonchev–Trinajstić information content (AvgIpc) is 3.33. The van der Waals surface area contributed by atoms with E-state index in [9.17, 15) is 42.9 Å². The highest BCUT2D eigenvalue weighted by molar-refractivity contribution is 5.86. The molecule has 1 aromatic carbocycles. The van der Waals surface area contributed by atoms with Crippen LogP contribution in [0, 0.1) is 6.92 Å². The standard InChI is InChI=1S/C30H41NO10.C2HF3O.CH4/c1-16-8-9-19(15-32)24-23(16)29-12-13-31(7)18(3)30(29,37)11-10-20(25(29)40-24)38-22(34)14-21(39-26(35)17(2)33)27(36)41-28(4,5)6;3-2(4,5)1-6;/h8-10,17-18,21,25,32-33,37H,11-15H2,1-7H3;1H;1H4/t17-,18+,21-,25-,29-,30+;;/m0../s1. The summed E-state index contributed by atoms with van der Waals surface area (Å²) in [5.41, 5.74) is -0.944. The number of likely N-dealkylation sites (N-methyl/N-ethyl adjacent to an activating group) is 1. The molecule has 4 rings (SSSR count). The van der Waals surface area contributed by atoms with Crippen LogP contribution in [0.15, 0.2) is 24.0 Å². The van der Waals surface area contributed by atoms with Crippen molar-refractivity contribution in [1.29, 1.82) is 0 Å². The summed E-state index contributed by atoms with van der Waals surface area (Å²) in [4.78, 5) is 48.9. The zero-order valence-electron chi connectivity index (χ0n) is 27.3. The maximum atomic E-state index is 13.3. The molecule has 3 N–H and O–H groups in total. The molecular weight excluding hydrogens is 643 g/mol. The number of alkyl halides is 3. The lowest BCUT2D eigenvalue weighted by Gasteiger charge is -2.58. The molecule has 2 aliphatic heterocycles. The predicted molar refractivity (Wildman–Crippen MR) is 165 cm³/mol. The summed E-state index contributed by atoms with van der Waals surface area (Å²) >= 11 is 0. The number of hydrogen-bond acceptors (Lipinski definition) is 12. The fourth-order valence-electron chi connectivity index (χ4n) is 6.30. The van der Waals surface area contributed by atoms with Gasteiger partial charge in [0.2, 0.25) is 12.4 Å². The lowest BCUT2D eigenvalue weighted by Crippen LogP contribution is -2.71. The van der Waals surface area contributed by atoms with Crippen molar-refractivity contribution in [3.63, 3.8) is 0 Å². The first-order valence-corrected chi connectivity index (χ1v) is 15.0. The van der Waals surface area contributed by atoms with Crippen LogP contribution in [0.25, 0.3) is 0 Å². The minimum atomic E-state index is -4.64. The maximum absolute atomic E-state index is 13.3. The van der Waals surface area contributed by atoms with Gasteiger partial charge < -0.3 is 39.2 Å². The second kappa shape index (κ2) is 14.9. The molecule has 1 aliphatic carbocycles. The number of aldehydes is 1. The Morgan fingerprint density at radius 3 is 2.31 bits per heavy atom. The minimum absolute atomic E-state index is 0. The van der Waals surface area contributed by atoms with Crippen molar-refractivity contribution in [2.24, 2.45) is 0 Å². The Morgan fingerprint density at radius 1 is 1.19 bits per heavy atom. The number of nitrogens with zero attached hydrogens (tertiary/aromatic N) is 1. The van der Waals surface area contributed by atoms with E-state index >= 15 is 0 Å². The van der Waals surface area contributed by atoms with Gasteiger partial charge in [0.1, 0.15) is 23.2 Å². The second-order valence-corrected chi connectivity index (χ2v) is 13.0. The van der Waals surface area contributed by atoms with Gasteiger partial charge in [0, 0.05) is 23.6 Å². The predicted octanol–water partition coefficient (Wildman–Crippen LogP) is 3.18. The molecule has 0 amide bonds. The Labute approximate surface area is 277 Å². The van der Waals surface area contributed by atoms with E-state index in [-0.39, 0.29) is 32.3 Å². The number of halogens is 3. The van der Waals surface area contributed by atoms with Crippen LogP contribution < -0.4 is 4.74 Å². The number of fused-ring (bicyclic) bond motifs is 1. The smallest absolute Gasteiger partial charge is 0.446 e. The van der Waals surface area contributed by atoms with E-state index in [0.29, 0.717) is 24.3 Å². The number of likely N-dealkylation sites (tertiary alicyclic amines) is 1. The largest absolute Gasteiger partial charge is 0.481 e. The third kappa shape index (κ3) is 8.18. The number of benzene rings is 1. The molecule has 12 nitrogen and oxygen atoms in total. The highest BCUT2D eigenvalue weighted by Gasteiger charge is 2.69. The molecular formula is C33H46F3NO11. The average molecular weight is 690 g/mol. The van der Waals surface area contributed by atoms with Crippen LogP contribution in [0.5, 0.6) is 5.75 Å². The van der Waals surface area contributed by atoms with E-state index < -0.39 is 71.7 Å². The first-order valence-electron chi connectivity index (χ1n) is 15.0. The molecule has 1 aromatic rings. The molecule has 3 aliphatic rings. The van der Waals surface area contributed by atoms with Crippen LogP contribution in [0.1, 0.15) is 78.0 Å². The molecule has 1 saturated heterocycles. The van der Waals surface area contributed by atoms with E-state index in [1.54, 1.807) is 32.9 Å². The Kier molecular flexibility index (Phi) is 12.6. The zero-order chi connectivity index (χ0) is 35.7. The summed E-state index contributed by atoms with van der Waals surface area (Å²) in [5, 5.41) is 32.0. The SMILES string of the molecule is C.Cc1ccc(CO)c2c1[C@]13CCN(C)[C@H](C)[C@]1(O)CC=C(OC(=O)C[C@H](OC(=O)[C@H](C)O)C(=O)OC(C)(C)C)[C@@H]3O2.O=CC(F)(F)F. The number of hydrogen-bond donors (Lipinski definition) is 3. The summed E-state index contributed by atoms with van der Waals surface area (Å²) in [5.74, 6) is -2.29. The van der Waals surface area contributed by atoms with Crippen LogP contribution >= 0.6 is 0 Å². The van der Waals surface area contributed by atoms with Gasteiger partial charge in [0.05, 0.1) is 24.0 Å². The summed E-state index contributed by atoms with van der Waals surface area (Å²) in [6.07, 6.45) is -8.13. The van der Waals surface area contributed by atoms with Crippen molar-refractivity contribution in [1.82, 2.24) is 4.90 Å². The first-order chi connectivity index (χ1) is 21.6. The first kappa shape index (κ1) is 40.6. The van der Waals surface area contributed by atoms with Crippen LogP contribution in [0.4, 0.5) is 13.2 Å². The number of aliphatic hydroxyl groups is 3. The molecule has 270 valence electrons. The molecule has 0 unspecified atom stereocenters. The third-order valence-corrected chi connectivity index (χ3v) is 8.59. The second-order valence-electron chi connectivity index (χ2n) is 13.0. The van der Waals surface area contributed by atoms with E-state index in [2.05, 4.69) is 4.90 Å². The molecule has 15 heteroatoms. The quantitative estimate of drug-likeness (QED) is 0.218. The summed E-state index contributed by atoms with van der Waals surface area (Å²) < 4.78 is 53.9. The molecule has 0 aromatic heterocycles. The molecule has 2 heterocycles. The van der Waals surface area contributed by atoms with Gasteiger partial charge in [-0.2, -0.15) is 13.2 Å². The third-order valence-electron chi connectivity index (χ3n) is 8.59. The van der Waals surface area contributed by atoms with Crippen LogP contribution in [-0.2, 0) is 45.4 Å². The summed E-state index contributed by atoms with van der Waals surface area (Å²) in [6, 6.07) is 3.40. The molecule has 0 radical (unpaired) electrons. The lowest BCUT2D eigenvalue weighted by atomic mass is 9.54. The molecule has 48 heavy (non-hydrogen) atoms. The molecule has 0 saturated carbocycles. The minimum Gasteiger partial charge on any atom is -0.481 e. The van der Waals surface area contributed by atoms with Crippen molar-refractivity contribution in [2.75, 3.05) is 13.6 Å². The topological polar surface area (TPSA) is 169 Å². The van der Waals surface area contributed by atoms with Crippen molar-refractivity contribution < 1.29 is 66.6 Å². The van der Waals surface area contributed by atoms with Gasteiger partial charge >= 0.3 is 24.1 Å². The van der Waals surface area contributed by atoms with Crippen LogP contribution in [-0.4, -0.2) is 99.7 Å². The summed E-state index contributed by atoms with van der Waals surface area (Å²) in [6.45, 7) is 10.3. The molecule has 0 bridgehead atoms. The number of esters is 3. The van der Waals surface area contributed by atoms with E-state index in [1.165, 1.54) is 6.92 Å². The monoisotopic (exact) mass is 689 g/mol. The van der Waals surface area contributed by atoms with E-state index in [4.69, 9.17) is 23.7 Å². The normalized spacial score (nSPS) is 25.9. The van der Waals surface area contributed by atoms with E-state index in [1.807, 2.05) is 27.0 Å². The van der Waals surface area contributed by atoms with E-state index in [0.717, 1.165) is 11.1 Å². The van der Waals surface area contributed by atoms with Crippen LogP contribution in [0.2, 0.25) is 0 Å². The number of piperidine rings is 1. The van der Waals surface area contributed by atoms with Gasteiger partial charge in [-0.05, 0) is 73.2 Å². The van der Waals surface area contributed by atoms with Gasteiger partial charge in [-0.1, -0.05) is 19.6 Å². The number of ether oxygens (including phenoxy) is 4. The molecule has 1 fully saturated rings.